The minimum Gasteiger partial charge on any atom is -0.497 e. The molecule has 3 rings (SSSR count). The van der Waals surface area contributed by atoms with Gasteiger partial charge in [-0.2, -0.15) is 0 Å². The van der Waals surface area contributed by atoms with Crippen LogP contribution in [0.25, 0.3) is 0 Å². The quantitative estimate of drug-likeness (QED) is 0.579. The van der Waals surface area contributed by atoms with Crippen LogP contribution in [0.15, 0.2) is 18.2 Å². The molecule has 8 heteroatoms. The predicted molar refractivity (Wildman–Crippen MR) is 129 cm³/mol. The van der Waals surface area contributed by atoms with Crippen LogP contribution in [0.5, 0.6) is 11.5 Å². The van der Waals surface area contributed by atoms with E-state index in [0.29, 0.717) is 12.4 Å². The van der Waals surface area contributed by atoms with Crippen LogP contribution in [0.1, 0.15) is 74.1 Å². The molecule has 0 aliphatic carbocycles. The van der Waals surface area contributed by atoms with E-state index in [1.165, 1.54) is 0 Å². The number of carbonyl (C=O) groups is 1. The summed E-state index contributed by atoms with van der Waals surface area (Å²) < 4.78 is 29.7. The molecule has 1 unspecified atom stereocenters. The minimum atomic E-state index is -0.533. The standard InChI is InChI=1S/C25H40BNO6/c1-23(2,3)31-22(28)27-15-10-9-11-18(27)14-16-30-19-12-13-21(29-8)20(17-19)26-32-24(4,5)25(6,7)33-26/h12-13,17-18H,9-11,14-16H2,1-8H3. The van der Waals surface area contributed by atoms with E-state index in [0.717, 1.165) is 43.4 Å². The largest absolute Gasteiger partial charge is 0.498 e. The summed E-state index contributed by atoms with van der Waals surface area (Å²) in [5, 5.41) is 0. The van der Waals surface area contributed by atoms with Crippen molar-refractivity contribution in [3.05, 3.63) is 18.2 Å². The second-order valence-corrected chi connectivity index (χ2v) is 11.0. The number of rotatable bonds is 6. The van der Waals surface area contributed by atoms with Gasteiger partial charge in [0.25, 0.3) is 0 Å². The molecule has 2 aliphatic heterocycles. The van der Waals surface area contributed by atoms with Crippen LogP contribution in [-0.4, -0.2) is 61.2 Å². The second kappa shape index (κ2) is 9.75. The van der Waals surface area contributed by atoms with Gasteiger partial charge in [-0.3, -0.25) is 0 Å². The third-order valence-corrected chi connectivity index (χ3v) is 6.68. The Labute approximate surface area is 199 Å². The van der Waals surface area contributed by atoms with Crippen molar-refractivity contribution in [3.63, 3.8) is 0 Å². The molecule has 0 N–H and O–H groups in total. The number of amides is 1. The average molecular weight is 461 g/mol. The lowest BCUT2D eigenvalue weighted by atomic mass is 9.78. The fourth-order valence-corrected chi connectivity index (χ4v) is 4.13. The Hall–Kier alpha value is -1.93. The van der Waals surface area contributed by atoms with E-state index < -0.39 is 23.9 Å². The topological polar surface area (TPSA) is 66.5 Å². The van der Waals surface area contributed by atoms with Crippen LogP contribution in [0.4, 0.5) is 4.79 Å². The first-order chi connectivity index (χ1) is 15.3. The van der Waals surface area contributed by atoms with E-state index in [4.69, 9.17) is 23.5 Å². The Morgan fingerprint density at radius 3 is 2.42 bits per heavy atom. The molecule has 2 fully saturated rings. The zero-order valence-electron chi connectivity index (χ0n) is 21.5. The molecule has 0 aromatic heterocycles. The molecule has 0 bridgehead atoms. The molecule has 2 heterocycles. The van der Waals surface area contributed by atoms with Gasteiger partial charge < -0.3 is 28.4 Å². The van der Waals surface area contributed by atoms with Gasteiger partial charge in [-0.25, -0.2) is 4.79 Å². The van der Waals surface area contributed by atoms with Crippen molar-refractivity contribution in [1.82, 2.24) is 4.90 Å². The van der Waals surface area contributed by atoms with E-state index in [1.54, 1.807) is 7.11 Å². The molecule has 1 amide bonds. The maximum Gasteiger partial charge on any atom is 0.498 e. The van der Waals surface area contributed by atoms with E-state index in [-0.39, 0.29) is 12.1 Å². The van der Waals surface area contributed by atoms with Crippen molar-refractivity contribution in [1.29, 1.82) is 0 Å². The lowest BCUT2D eigenvalue weighted by Gasteiger charge is -2.36. The predicted octanol–water partition coefficient (Wildman–Crippen LogP) is 4.55. The maximum absolute atomic E-state index is 12.6. The molecular formula is C25H40BNO6. The fraction of sp³-hybridized carbons (Fsp3) is 0.720. The van der Waals surface area contributed by atoms with E-state index in [9.17, 15) is 4.79 Å². The summed E-state index contributed by atoms with van der Waals surface area (Å²) >= 11 is 0. The smallest absolute Gasteiger partial charge is 0.497 e. The van der Waals surface area contributed by atoms with Gasteiger partial charge in [0.1, 0.15) is 17.1 Å². The number of ether oxygens (including phenoxy) is 3. The number of hydrogen-bond donors (Lipinski definition) is 0. The zero-order chi connectivity index (χ0) is 24.4. The average Bonchev–Trinajstić information content (AvgIpc) is 2.94. The first kappa shape index (κ1) is 25.7. The van der Waals surface area contributed by atoms with Gasteiger partial charge >= 0.3 is 13.2 Å². The lowest BCUT2D eigenvalue weighted by molar-refractivity contribution is 0.00578. The minimum absolute atomic E-state index is 0.120. The van der Waals surface area contributed by atoms with Crippen molar-refractivity contribution >= 4 is 18.7 Å². The molecule has 7 nitrogen and oxygen atoms in total. The van der Waals surface area contributed by atoms with E-state index in [1.807, 2.05) is 71.6 Å². The van der Waals surface area contributed by atoms with Crippen molar-refractivity contribution in [3.8, 4) is 11.5 Å². The van der Waals surface area contributed by atoms with Gasteiger partial charge in [0.15, 0.2) is 0 Å². The number of likely N-dealkylation sites (tertiary alicyclic amines) is 1. The van der Waals surface area contributed by atoms with Gasteiger partial charge in [-0.1, -0.05) is 0 Å². The highest BCUT2D eigenvalue weighted by atomic mass is 16.7. The fourth-order valence-electron chi connectivity index (χ4n) is 4.13. The monoisotopic (exact) mass is 461 g/mol. The maximum atomic E-state index is 12.6. The Morgan fingerprint density at radius 2 is 1.82 bits per heavy atom. The number of methoxy groups -OCH3 is 1. The highest BCUT2D eigenvalue weighted by Crippen LogP contribution is 2.37. The third-order valence-electron chi connectivity index (χ3n) is 6.68. The highest BCUT2D eigenvalue weighted by molar-refractivity contribution is 6.63. The van der Waals surface area contributed by atoms with Crippen LogP contribution < -0.4 is 14.9 Å². The van der Waals surface area contributed by atoms with Gasteiger partial charge in [-0.15, -0.1) is 0 Å². The Bertz CT molecular complexity index is 819. The first-order valence-electron chi connectivity index (χ1n) is 12.0. The Balaban J connectivity index is 1.64. The Morgan fingerprint density at radius 1 is 1.15 bits per heavy atom. The van der Waals surface area contributed by atoms with Crippen LogP contribution in [0, 0.1) is 0 Å². The van der Waals surface area contributed by atoms with Crippen molar-refractivity contribution in [2.45, 2.75) is 97.0 Å². The summed E-state index contributed by atoms with van der Waals surface area (Å²) in [6.07, 6.45) is 3.59. The van der Waals surface area contributed by atoms with Crippen molar-refractivity contribution < 1.29 is 28.3 Å². The van der Waals surface area contributed by atoms with E-state index >= 15 is 0 Å². The molecule has 33 heavy (non-hydrogen) atoms. The molecule has 184 valence electrons. The van der Waals surface area contributed by atoms with Gasteiger partial charge in [-0.05, 0) is 85.9 Å². The summed E-state index contributed by atoms with van der Waals surface area (Å²) in [6, 6.07) is 5.81. The SMILES string of the molecule is COc1ccc(OCCC2CCCCN2C(=O)OC(C)(C)C)cc1B1OC(C)(C)C(C)(C)O1. The number of piperidine rings is 1. The van der Waals surface area contributed by atoms with Crippen LogP contribution in [0.2, 0.25) is 0 Å². The molecule has 1 aromatic rings. The van der Waals surface area contributed by atoms with Crippen LogP contribution in [-0.2, 0) is 14.0 Å². The van der Waals surface area contributed by atoms with Gasteiger partial charge in [0, 0.05) is 24.5 Å². The number of benzene rings is 1. The third kappa shape index (κ3) is 6.15. The molecule has 1 aromatic carbocycles. The molecular weight excluding hydrogens is 421 g/mol. The highest BCUT2D eigenvalue weighted by Gasteiger charge is 2.52. The zero-order valence-corrected chi connectivity index (χ0v) is 21.5. The first-order valence-corrected chi connectivity index (χ1v) is 12.0. The second-order valence-electron chi connectivity index (χ2n) is 11.0. The van der Waals surface area contributed by atoms with Crippen molar-refractivity contribution in [2.24, 2.45) is 0 Å². The van der Waals surface area contributed by atoms with Crippen LogP contribution in [0.3, 0.4) is 0 Å². The summed E-state index contributed by atoms with van der Waals surface area (Å²) in [5.74, 6) is 1.42. The van der Waals surface area contributed by atoms with Crippen molar-refractivity contribution in [2.75, 3.05) is 20.3 Å². The Kier molecular flexibility index (Phi) is 7.59. The molecule has 2 aliphatic rings. The van der Waals surface area contributed by atoms with Crippen LogP contribution >= 0.6 is 0 Å². The molecule has 0 saturated carbocycles. The van der Waals surface area contributed by atoms with Gasteiger partial charge in [0.2, 0.25) is 0 Å². The van der Waals surface area contributed by atoms with E-state index in [2.05, 4.69) is 0 Å². The number of hydrogen-bond acceptors (Lipinski definition) is 6. The number of nitrogens with zero attached hydrogens (tertiary/aromatic N) is 1. The summed E-state index contributed by atoms with van der Waals surface area (Å²) in [7, 11) is 1.10. The summed E-state index contributed by atoms with van der Waals surface area (Å²) in [4.78, 5) is 14.5. The molecule has 2 saturated heterocycles. The lowest BCUT2D eigenvalue weighted by Crippen LogP contribution is -2.46. The molecule has 1 atom stereocenters. The summed E-state index contributed by atoms with van der Waals surface area (Å²) in [6.45, 7) is 15.0. The van der Waals surface area contributed by atoms with Gasteiger partial charge in [0.05, 0.1) is 24.9 Å². The molecule has 0 radical (unpaired) electrons. The normalized spacial score (nSPS) is 22.2. The number of carbonyl (C=O) groups excluding carboxylic acids is 1. The summed E-state index contributed by atoms with van der Waals surface area (Å²) in [5.41, 5.74) is -0.568. The molecule has 0 spiro atoms.